The van der Waals surface area contributed by atoms with Gasteiger partial charge in [0.2, 0.25) is 0 Å². The number of hydrogen-bond donors (Lipinski definition) is 1. The molecule has 0 spiro atoms. The lowest BCUT2D eigenvalue weighted by molar-refractivity contribution is 0.539. The zero-order valence-electron chi connectivity index (χ0n) is 10.1. The van der Waals surface area contributed by atoms with Crippen molar-refractivity contribution in [2.24, 2.45) is 5.92 Å². The molecular formula is C15H17NS. The Labute approximate surface area is 106 Å². The van der Waals surface area contributed by atoms with E-state index >= 15 is 0 Å². The van der Waals surface area contributed by atoms with E-state index in [1.165, 1.54) is 34.5 Å². The summed E-state index contributed by atoms with van der Waals surface area (Å²) in [4.78, 5) is 1.51. The zero-order valence-corrected chi connectivity index (χ0v) is 10.9. The summed E-state index contributed by atoms with van der Waals surface area (Å²) in [6, 6.07) is 11.1. The van der Waals surface area contributed by atoms with Crippen molar-refractivity contribution < 1.29 is 0 Å². The van der Waals surface area contributed by atoms with Crippen molar-refractivity contribution in [3.63, 3.8) is 0 Å². The third-order valence-electron chi connectivity index (χ3n) is 3.43. The number of hydrogen-bond acceptors (Lipinski definition) is 2. The summed E-state index contributed by atoms with van der Waals surface area (Å²) < 4.78 is 0. The molecule has 2 heterocycles. The van der Waals surface area contributed by atoms with Gasteiger partial charge < -0.3 is 5.32 Å². The predicted molar refractivity (Wildman–Crippen MR) is 74.9 cm³/mol. The third-order valence-corrected chi connectivity index (χ3v) is 4.32. The number of rotatable bonds is 2. The summed E-state index contributed by atoms with van der Waals surface area (Å²) in [7, 11) is 0. The van der Waals surface area contributed by atoms with Crippen molar-refractivity contribution >= 4 is 17.0 Å². The minimum atomic E-state index is 0.740. The molecule has 0 amide bonds. The number of thiophene rings is 1. The lowest BCUT2D eigenvalue weighted by Gasteiger charge is -2.26. The second-order valence-corrected chi connectivity index (χ2v) is 5.93. The molecule has 1 aliphatic heterocycles. The molecule has 2 aromatic rings. The predicted octanol–water partition coefficient (Wildman–Crippen LogP) is 3.88. The Balaban J connectivity index is 1.74. The average molecular weight is 243 g/mol. The Kier molecular flexibility index (Phi) is 2.89. The van der Waals surface area contributed by atoms with E-state index in [0.717, 1.165) is 12.5 Å². The van der Waals surface area contributed by atoms with E-state index in [9.17, 15) is 0 Å². The molecule has 1 aromatic carbocycles. The van der Waals surface area contributed by atoms with Gasteiger partial charge in [0.1, 0.15) is 0 Å². The number of anilines is 1. The molecule has 0 fully saturated rings. The van der Waals surface area contributed by atoms with Gasteiger partial charge in [0.05, 0.1) is 0 Å². The van der Waals surface area contributed by atoms with Gasteiger partial charge in [-0.25, -0.2) is 0 Å². The van der Waals surface area contributed by atoms with Crippen LogP contribution in [0.2, 0.25) is 0 Å². The van der Waals surface area contributed by atoms with Crippen molar-refractivity contribution in [1.82, 2.24) is 0 Å². The fraction of sp³-hybridized carbons (Fsp3) is 0.333. The van der Waals surface area contributed by atoms with Crippen LogP contribution in [0.4, 0.5) is 5.69 Å². The largest absolute Gasteiger partial charge is 0.385 e. The van der Waals surface area contributed by atoms with Gasteiger partial charge >= 0.3 is 0 Å². The molecule has 0 bridgehead atoms. The number of benzene rings is 1. The van der Waals surface area contributed by atoms with Crippen molar-refractivity contribution in [3.05, 3.63) is 51.7 Å². The van der Waals surface area contributed by atoms with Crippen LogP contribution in [-0.4, -0.2) is 6.54 Å². The summed E-state index contributed by atoms with van der Waals surface area (Å²) in [5.41, 5.74) is 4.16. The van der Waals surface area contributed by atoms with Gasteiger partial charge in [0, 0.05) is 17.1 Å². The molecule has 17 heavy (non-hydrogen) atoms. The Morgan fingerprint density at radius 3 is 3.12 bits per heavy atom. The first-order chi connectivity index (χ1) is 8.31. The van der Waals surface area contributed by atoms with Crippen molar-refractivity contribution in [1.29, 1.82) is 0 Å². The molecule has 1 unspecified atom stereocenters. The highest BCUT2D eigenvalue weighted by atomic mass is 32.1. The molecule has 1 aromatic heterocycles. The fourth-order valence-corrected chi connectivity index (χ4v) is 3.35. The minimum absolute atomic E-state index is 0.740. The van der Waals surface area contributed by atoms with Crippen LogP contribution >= 0.6 is 11.3 Å². The molecular weight excluding hydrogens is 226 g/mol. The van der Waals surface area contributed by atoms with Crippen LogP contribution in [0.1, 0.15) is 16.0 Å². The van der Waals surface area contributed by atoms with Crippen LogP contribution in [-0.2, 0) is 12.8 Å². The maximum absolute atomic E-state index is 3.57. The summed E-state index contributed by atoms with van der Waals surface area (Å²) >= 11 is 1.87. The van der Waals surface area contributed by atoms with Gasteiger partial charge in [-0.1, -0.05) is 18.2 Å². The van der Waals surface area contributed by atoms with Crippen LogP contribution in [0, 0.1) is 12.8 Å². The Bertz CT molecular complexity index is 502. The molecule has 2 heteroatoms. The molecule has 1 aliphatic rings. The number of nitrogens with one attached hydrogen (secondary N) is 1. The van der Waals surface area contributed by atoms with Gasteiger partial charge in [-0.2, -0.15) is 0 Å². The monoisotopic (exact) mass is 243 g/mol. The first kappa shape index (κ1) is 10.8. The average Bonchev–Trinajstić information content (AvgIpc) is 2.82. The third kappa shape index (κ3) is 2.37. The highest BCUT2D eigenvalue weighted by Crippen LogP contribution is 2.28. The first-order valence-electron chi connectivity index (χ1n) is 6.17. The minimum Gasteiger partial charge on any atom is -0.385 e. The topological polar surface area (TPSA) is 12.0 Å². The summed E-state index contributed by atoms with van der Waals surface area (Å²) in [6.07, 6.45) is 2.42. The quantitative estimate of drug-likeness (QED) is 0.844. The van der Waals surface area contributed by atoms with Gasteiger partial charge in [0.25, 0.3) is 0 Å². The Hall–Kier alpha value is -1.28. The van der Waals surface area contributed by atoms with E-state index in [0.29, 0.717) is 0 Å². The SMILES string of the molecule is Cc1ccc2c(c1)NCC(Cc1cccs1)C2. The molecule has 88 valence electrons. The molecule has 0 radical (unpaired) electrons. The van der Waals surface area contributed by atoms with Crippen LogP contribution in [0.3, 0.4) is 0 Å². The van der Waals surface area contributed by atoms with Gasteiger partial charge in [0.15, 0.2) is 0 Å². The lowest BCUT2D eigenvalue weighted by Crippen LogP contribution is -2.24. The van der Waals surface area contributed by atoms with E-state index in [-0.39, 0.29) is 0 Å². The van der Waals surface area contributed by atoms with Crippen molar-refractivity contribution in [2.45, 2.75) is 19.8 Å². The summed E-state index contributed by atoms with van der Waals surface area (Å²) in [6.45, 7) is 3.26. The molecule has 1 N–H and O–H groups in total. The van der Waals surface area contributed by atoms with Crippen molar-refractivity contribution in [2.75, 3.05) is 11.9 Å². The van der Waals surface area contributed by atoms with E-state index in [4.69, 9.17) is 0 Å². The summed E-state index contributed by atoms with van der Waals surface area (Å²) in [5, 5.41) is 5.74. The first-order valence-corrected chi connectivity index (χ1v) is 7.05. The number of aryl methyl sites for hydroxylation is 1. The van der Waals surface area contributed by atoms with E-state index in [1.54, 1.807) is 0 Å². The maximum Gasteiger partial charge on any atom is 0.0375 e. The highest BCUT2D eigenvalue weighted by Gasteiger charge is 2.18. The van der Waals surface area contributed by atoms with Crippen LogP contribution in [0.15, 0.2) is 35.7 Å². The molecule has 0 aliphatic carbocycles. The van der Waals surface area contributed by atoms with Gasteiger partial charge in [-0.15, -0.1) is 11.3 Å². The van der Waals surface area contributed by atoms with Crippen LogP contribution in [0.5, 0.6) is 0 Å². The maximum atomic E-state index is 3.57. The lowest BCUT2D eigenvalue weighted by atomic mass is 9.90. The van der Waals surface area contributed by atoms with E-state index in [2.05, 4.69) is 48.0 Å². The van der Waals surface area contributed by atoms with Crippen LogP contribution < -0.4 is 5.32 Å². The van der Waals surface area contributed by atoms with Crippen molar-refractivity contribution in [3.8, 4) is 0 Å². The zero-order chi connectivity index (χ0) is 11.7. The highest BCUT2D eigenvalue weighted by molar-refractivity contribution is 7.09. The Morgan fingerprint density at radius 2 is 2.29 bits per heavy atom. The van der Waals surface area contributed by atoms with E-state index in [1.807, 2.05) is 11.3 Å². The Morgan fingerprint density at radius 1 is 1.35 bits per heavy atom. The molecule has 0 saturated carbocycles. The van der Waals surface area contributed by atoms with E-state index < -0.39 is 0 Å². The fourth-order valence-electron chi connectivity index (χ4n) is 2.53. The van der Waals surface area contributed by atoms with Gasteiger partial charge in [-0.3, -0.25) is 0 Å². The standard InChI is InChI=1S/C15H17NS/c1-11-4-5-13-8-12(10-16-15(13)7-11)9-14-3-2-6-17-14/h2-7,12,16H,8-10H2,1H3. The van der Waals surface area contributed by atoms with Gasteiger partial charge in [-0.05, 0) is 54.3 Å². The summed E-state index contributed by atoms with van der Waals surface area (Å²) in [5.74, 6) is 0.740. The second-order valence-electron chi connectivity index (χ2n) is 4.90. The second kappa shape index (κ2) is 4.53. The molecule has 3 rings (SSSR count). The molecule has 0 saturated heterocycles. The number of fused-ring (bicyclic) bond motifs is 1. The van der Waals surface area contributed by atoms with Crippen LogP contribution in [0.25, 0.3) is 0 Å². The molecule has 1 atom stereocenters. The smallest absolute Gasteiger partial charge is 0.0375 e. The molecule has 1 nitrogen and oxygen atoms in total. The normalized spacial score (nSPS) is 18.5.